The highest BCUT2D eigenvalue weighted by molar-refractivity contribution is 6.06. The molecule has 21 heavy (non-hydrogen) atoms. The second-order valence-electron chi connectivity index (χ2n) is 5.56. The maximum Gasteiger partial charge on any atom is 0.254 e. The van der Waals surface area contributed by atoms with Crippen LogP contribution in [0.1, 0.15) is 22.5 Å². The number of fused-ring (bicyclic) bond motifs is 1. The number of aromatic nitrogens is 1. The van der Waals surface area contributed by atoms with Crippen molar-refractivity contribution >= 4 is 16.8 Å². The van der Waals surface area contributed by atoms with Gasteiger partial charge in [0.05, 0.1) is 11.1 Å². The average Bonchev–Trinajstić information content (AvgIpc) is 2.94. The summed E-state index contributed by atoms with van der Waals surface area (Å²) in [6.45, 7) is 3.11. The molecule has 0 saturated carbocycles. The molecular weight excluding hydrogens is 271 g/mol. The minimum atomic E-state index is -0.361. The summed E-state index contributed by atoms with van der Waals surface area (Å²) in [7, 11) is 0. The lowest BCUT2D eigenvalue weighted by atomic mass is 10.1. The van der Waals surface area contributed by atoms with Gasteiger partial charge in [-0.05, 0) is 31.5 Å². The third-order valence-electron chi connectivity index (χ3n) is 3.96. The normalized spacial score (nSPS) is 18.4. The number of carbonyl (C=O) groups excluding carboxylic acids is 1. The van der Waals surface area contributed by atoms with Gasteiger partial charge in [0.1, 0.15) is 5.82 Å². The first-order valence-corrected chi connectivity index (χ1v) is 7.05. The van der Waals surface area contributed by atoms with E-state index in [0.29, 0.717) is 35.2 Å². The van der Waals surface area contributed by atoms with Crippen LogP contribution in [0.4, 0.5) is 4.39 Å². The Balaban J connectivity index is 2.01. The van der Waals surface area contributed by atoms with Crippen LogP contribution in [-0.2, 0) is 0 Å². The maximum absolute atomic E-state index is 13.3. The zero-order valence-corrected chi connectivity index (χ0v) is 11.8. The fraction of sp³-hybridized carbons (Fsp3) is 0.375. The van der Waals surface area contributed by atoms with E-state index < -0.39 is 0 Å². The van der Waals surface area contributed by atoms with Crippen LogP contribution in [0.2, 0.25) is 0 Å². The molecule has 2 aromatic rings. The van der Waals surface area contributed by atoms with E-state index in [1.807, 2.05) is 0 Å². The predicted octanol–water partition coefficient (Wildman–Crippen LogP) is 2.14. The first kappa shape index (κ1) is 13.9. The molecule has 1 saturated heterocycles. The summed E-state index contributed by atoms with van der Waals surface area (Å²) in [5, 5.41) is 9.86. The Morgan fingerprint density at radius 2 is 2.29 bits per heavy atom. The molecule has 1 aromatic carbocycles. The fourth-order valence-corrected chi connectivity index (χ4v) is 2.85. The summed E-state index contributed by atoms with van der Waals surface area (Å²) in [4.78, 5) is 18.7. The van der Waals surface area contributed by atoms with E-state index in [2.05, 4.69) is 4.98 Å². The SMILES string of the molecule is Cc1cc(C(=O)N2CCC(CO)C2)c2ccc(F)cc2n1. The number of nitrogens with zero attached hydrogens (tertiary/aromatic N) is 2. The number of halogens is 1. The molecule has 0 aliphatic carbocycles. The van der Waals surface area contributed by atoms with Crippen LogP contribution >= 0.6 is 0 Å². The largest absolute Gasteiger partial charge is 0.396 e. The van der Waals surface area contributed by atoms with Crippen molar-refractivity contribution in [1.29, 1.82) is 0 Å². The number of aryl methyl sites for hydroxylation is 1. The Kier molecular flexibility index (Phi) is 3.59. The highest BCUT2D eigenvalue weighted by atomic mass is 19.1. The van der Waals surface area contributed by atoms with Crippen molar-refractivity contribution in [2.24, 2.45) is 5.92 Å². The van der Waals surface area contributed by atoms with Crippen molar-refractivity contribution in [3.63, 3.8) is 0 Å². The second kappa shape index (κ2) is 5.41. The molecule has 0 radical (unpaired) electrons. The summed E-state index contributed by atoms with van der Waals surface area (Å²) in [5.74, 6) is -0.283. The summed E-state index contributed by atoms with van der Waals surface area (Å²) in [6.07, 6.45) is 0.818. The van der Waals surface area contributed by atoms with Crippen molar-refractivity contribution < 1.29 is 14.3 Å². The molecule has 2 heterocycles. The summed E-state index contributed by atoms with van der Waals surface area (Å²) in [5.41, 5.74) is 1.74. The van der Waals surface area contributed by atoms with Gasteiger partial charge in [-0.15, -0.1) is 0 Å². The van der Waals surface area contributed by atoms with Crippen LogP contribution in [0.3, 0.4) is 0 Å². The quantitative estimate of drug-likeness (QED) is 0.921. The number of aliphatic hydroxyl groups excluding tert-OH is 1. The summed E-state index contributed by atoms with van der Waals surface area (Å²) in [6, 6.07) is 6.04. The Morgan fingerprint density at radius 1 is 1.48 bits per heavy atom. The third-order valence-corrected chi connectivity index (χ3v) is 3.96. The van der Waals surface area contributed by atoms with Crippen molar-refractivity contribution in [3.8, 4) is 0 Å². The number of aliphatic hydroxyl groups is 1. The maximum atomic E-state index is 13.3. The lowest BCUT2D eigenvalue weighted by molar-refractivity contribution is 0.0783. The average molecular weight is 288 g/mol. The van der Waals surface area contributed by atoms with Gasteiger partial charge in [0, 0.05) is 42.8 Å². The number of hydrogen-bond donors (Lipinski definition) is 1. The second-order valence-corrected chi connectivity index (χ2v) is 5.56. The Hall–Kier alpha value is -2.01. The number of benzene rings is 1. The minimum absolute atomic E-state index is 0.0759. The summed E-state index contributed by atoms with van der Waals surface area (Å²) >= 11 is 0. The van der Waals surface area contributed by atoms with E-state index in [9.17, 15) is 14.3 Å². The lowest BCUT2D eigenvalue weighted by Crippen LogP contribution is -2.29. The minimum Gasteiger partial charge on any atom is -0.396 e. The molecule has 1 amide bonds. The fourth-order valence-electron chi connectivity index (χ4n) is 2.85. The van der Waals surface area contributed by atoms with E-state index in [1.54, 1.807) is 24.0 Å². The van der Waals surface area contributed by atoms with Crippen LogP contribution in [0.15, 0.2) is 24.3 Å². The molecule has 1 atom stereocenters. The molecule has 4 nitrogen and oxygen atoms in total. The first-order valence-electron chi connectivity index (χ1n) is 7.05. The number of carbonyl (C=O) groups is 1. The van der Waals surface area contributed by atoms with E-state index in [0.717, 1.165) is 6.42 Å². The third kappa shape index (κ3) is 2.61. The van der Waals surface area contributed by atoms with Crippen LogP contribution < -0.4 is 0 Å². The van der Waals surface area contributed by atoms with Gasteiger partial charge >= 0.3 is 0 Å². The van der Waals surface area contributed by atoms with Crippen LogP contribution in [0, 0.1) is 18.7 Å². The standard InChI is InChI=1S/C16H17FN2O2/c1-10-6-14(13-3-2-12(17)7-15(13)18-10)16(21)19-5-4-11(8-19)9-20/h2-3,6-7,11,20H,4-5,8-9H2,1H3. The zero-order valence-electron chi connectivity index (χ0n) is 11.8. The number of rotatable bonds is 2. The van der Waals surface area contributed by atoms with Crippen LogP contribution in [0.5, 0.6) is 0 Å². The molecule has 1 aliphatic rings. The van der Waals surface area contributed by atoms with E-state index in [1.165, 1.54) is 12.1 Å². The molecule has 0 spiro atoms. The van der Waals surface area contributed by atoms with E-state index in [4.69, 9.17) is 0 Å². The van der Waals surface area contributed by atoms with Crippen molar-refractivity contribution in [2.75, 3.05) is 19.7 Å². The van der Waals surface area contributed by atoms with E-state index in [-0.39, 0.29) is 24.2 Å². The van der Waals surface area contributed by atoms with E-state index >= 15 is 0 Å². The van der Waals surface area contributed by atoms with Gasteiger partial charge in [-0.25, -0.2) is 4.39 Å². The molecule has 1 fully saturated rings. The monoisotopic (exact) mass is 288 g/mol. The van der Waals surface area contributed by atoms with Gasteiger partial charge in [0.2, 0.25) is 0 Å². The molecular formula is C16H17FN2O2. The van der Waals surface area contributed by atoms with Gasteiger partial charge in [-0.2, -0.15) is 0 Å². The van der Waals surface area contributed by atoms with Gasteiger partial charge in [-0.3, -0.25) is 9.78 Å². The number of likely N-dealkylation sites (tertiary alicyclic amines) is 1. The topological polar surface area (TPSA) is 53.4 Å². The predicted molar refractivity (Wildman–Crippen MR) is 77.5 cm³/mol. The molecule has 0 bridgehead atoms. The van der Waals surface area contributed by atoms with Crippen molar-refractivity contribution in [3.05, 3.63) is 41.3 Å². The number of amides is 1. The van der Waals surface area contributed by atoms with Gasteiger partial charge in [0.25, 0.3) is 5.91 Å². The van der Waals surface area contributed by atoms with Crippen molar-refractivity contribution in [1.82, 2.24) is 9.88 Å². The van der Waals surface area contributed by atoms with Crippen LogP contribution in [-0.4, -0.2) is 40.6 Å². The highest BCUT2D eigenvalue weighted by Crippen LogP contribution is 2.24. The molecule has 1 aliphatic heterocycles. The number of hydrogen-bond acceptors (Lipinski definition) is 3. The molecule has 1 aromatic heterocycles. The summed E-state index contributed by atoms with van der Waals surface area (Å²) < 4.78 is 13.3. The molecule has 110 valence electrons. The Labute approximate surface area is 122 Å². The van der Waals surface area contributed by atoms with Crippen molar-refractivity contribution in [2.45, 2.75) is 13.3 Å². The first-order chi connectivity index (χ1) is 10.1. The Bertz CT molecular complexity index is 697. The van der Waals surface area contributed by atoms with Gasteiger partial charge < -0.3 is 10.0 Å². The zero-order chi connectivity index (χ0) is 15.0. The smallest absolute Gasteiger partial charge is 0.254 e. The molecule has 3 rings (SSSR count). The molecule has 5 heteroatoms. The lowest BCUT2D eigenvalue weighted by Gasteiger charge is -2.17. The number of pyridine rings is 1. The Morgan fingerprint density at radius 3 is 3.00 bits per heavy atom. The molecule has 1 N–H and O–H groups in total. The van der Waals surface area contributed by atoms with Crippen LogP contribution in [0.25, 0.3) is 10.9 Å². The van der Waals surface area contributed by atoms with Gasteiger partial charge in [-0.1, -0.05) is 0 Å². The van der Waals surface area contributed by atoms with Gasteiger partial charge in [0.15, 0.2) is 0 Å². The highest BCUT2D eigenvalue weighted by Gasteiger charge is 2.27. The molecule has 1 unspecified atom stereocenters.